The minimum Gasteiger partial charge on any atom is -0.480 e. The highest BCUT2D eigenvalue weighted by atomic mass is 16.4. The first-order valence-corrected chi connectivity index (χ1v) is 5.99. The molecule has 100 valence electrons. The number of hydrogen-bond acceptors (Lipinski definition) is 3. The second-order valence-corrected chi connectivity index (χ2v) is 4.52. The molecule has 2 N–H and O–H groups in total. The van der Waals surface area contributed by atoms with E-state index in [2.05, 4.69) is 5.32 Å². The predicted octanol–water partition coefficient (Wildman–Crippen LogP) is 2.13. The number of carboxylic acid groups (broad SMARTS) is 1. The minimum absolute atomic E-state index is 0.158. The van der Waals surface area contributed by atoms with E-state index in [1.54, 1.807) is 13.0 Å². The third-order valence-corrected chi connectivity index (χ3v) is 3.13. The molecule has 5 nitrogen and oxygen atoms in total. The summed E-state index contributed by atoms with van der Waals surface area (Å²) in [7, 11) is 0. The van der Waals surface area contributed by atoms with Crippen molar-refractivity contribution in [1.82, 2.24) is 5.32 Å². The molecule has 1 unspecified atom stereocenters. The predicted molar refractivity (Wildman–Crippen MR) is 66.6 cm³/mol. The highest BCUT2D eigenvalue weighted by molar-refractivity contribution is 5.95. The molecule has 0 aliphatic heterocycles. The maximum absolute atomic E-state index is 11.9. The number of hydrogen-bond donors (Lipinski definition) is 2. The van der Waals surface area contributed by atoms with Gasteiger partial charge in [0.25, 0.3) is 5.91 Å². The minimum atomic E-state index is -1.27. The normalized spacial score (nSPS) is 14.0. The Bertz CT molecular complexity index is 464. The lowest BCUT2D eigenvalue weighted by Crippen LogP contribution is -2.51. The SMILES string of the molecule is CCc1oc(C(=O)NC(C)(CC)C(=O)O)cc1C. The van der Waals surface area contributed by atoms with Crippen LogP contribution in [0.25, 0.3) is 0 Å². The maximum atomic E-state index is 11.9. The van der Waals surface area contributed by atoms with E-state index in [1.807, 2.05) is 13.8 Å². The Morgan fingerprint density at radius 3 is 2.44 bits per heavy atom. The zero-order valence-electron chi connectivity index (χ0n) is 11.2. The van der Waals surface area contributed by atoms with E-state index in [4.69, 9.17) is 9.52 Å². The van der Waals surface area contributed by atoms with Crippen LogP contribution in [-0.4, -0.2) is 22.5 Å². The molecule has 1 heterocycles. The lowest BCUT2D eigenvalue weighted by molar-refractivity contribution is -0.143. The Balaban J connectivity index is 2.91. The number of carbonyl (C=O) groups is 2. The van der Waals surface area contributed by atoms with Gasteiger partial charge in [-0.05, 0) is 31.9 Å². The van der Waals surface area contributed by atoms with Crippen molar-refractivity contribution < 1.29 is 19.1 Å². The molecule has 18 heavy (non-hydrogen) atoms. The van der Waals surface area contributed by atoms with Crippen molar-refractivity contribution in [2.24, 2.45) is 0 Å². The van der Waals surface area contributed by atoms with Gasteiger partial charge in [0.15, 0.2) is 5.76 Å². The quantitative estimate of drug-likeness (QED) is 0.842. The summed E-state index contributed by atoms with van der Waals surface area (Å²) in [5.41, 5.74) is -0.374. The third kappa shape index (κ3) is 2.72. The van der Waals surface area contributed by atoms with Crippen LogP contribution in [0.5, 0.6) is 0 Å². The van der Waals surface area contributed by atoms with Crippen molar-refractivity contribution in [2.45, 2.75) is 46.1 Å². The second-order valence-electron chi connectivity index (χ2n) is 4.52. The third-order valence-electron chi connectivity index (χ3n) is 3.13. The Morgan fingerprint density at radius 1 is 1.44 bits per heavy atom. The van der Waals surface area contributed by atoms with Crippen LogP contribution in [0.1, 0.15) is 49.1 Å². The van der Waals surface area contributed by atoms with Crippen molar-refractivity contribution in [3.63, 3.8) is 0 Å². The number of rotatable bonds is 5. The van der Waals surface area contributed by atoms with E-state index in [-0.39, 0.29) is 5.76 Å². The molecule has 0 spiro atoms. The van der Waals surface area contributed by atoms with Gasteiger partial charge < -0.3 is 14.8 Å². The van der Waals surface area contributed by atoms with E-state index >= 15 is 0 Å². The van der Waals surface area contributed by atoms with Crippen LogP contribution in [0, 0.1) is 6.92 Å². The Labute approximate surface area is 106 Å². The average Bonchev–Trinajstić information content (AvgIpc) is 2.70. The molecule has 0 aromatic carbocycles. The number of nitrogens with one attached hydrogen (secondary N) is 1. The van der Waals surface area contributed by atoms with Gasteiger partial charge in [-0.15, -0.1) is 0 Å². The highest BCUT2D eigenvalue weighted by Crippen LogP contribution is 2.17. The Hall–Kier alpha value is -1.78. The summed E-state index contributed by atoms with van der Waals surface area (Å²) in [6, 6.07) is 1.63. The number of carbonyl (C=O) groups excluding carboxylic acids is 1. The lowest BCUT2D eigenvalue weighted by atomic mass is 9.99. The van der Waals surface area contributed by atoms with Gasteiger partial charge in [0.1, 0.15) is 11.3 Å². The smallest absolute Gasteiger partial charge is 0.329 e. The fourth-order valence-corrected chi connectivity index (χ4v) is 1.59. The van der Waals surface area contributed by atoms with Crippen LogP contribution in [0.3, 0.4) is 0 Å². The van der Waals surface area contributed by atoms with Gasteiger partial charge in [-0.2, -0.15) is 0 Å². The zero-order valence-corrected chi connectivity index (χ0v) is 11.2. The molecule has 1 atom stereocenters. The maximum Gasteiger partial charge on any atom is 0.329 e. The van der Waals surface area contributed by atoms with E-state index in [0.717, 1.165) is 11.3 Å². The van der Waals surface area contributed by atoms with Crippen molar-refractivity contribution in [2.75, 3.05) is 0 Å². The second kappa shape index (κ2) is 5.25. The highest BCUT2D eigenvalue weighted by Gasteiger charge is 2.33. The summed E-state index contributed by atoms with van der Waals surface area (Å²) in [5.74, 6) is -0.652. The van der Waals surface area contributed by atoms with Gasteiger partial charge in [0, 0.05) is 6.42 Å². The van der Waals surface area contributed by atoms with Crippen LogP contribution >= 0.6 is 0 Å². The summed E-state index contributed by atoms with van der Waals surface area (Å²) in [5, 5.41) is 11.6. The zero-order chi connectivity index (χ0) is 13.9. The van der Waals surface area contributed by atoms with Gasteiger partial charge in [0.05, 0.1) is 0 Å². The fraction of sp³-hybridized carbons (Fsp3) is 0.538. The molecular formula is C13H19NO4. The number of amides is 1. The lowest BCUT2D eigenvalue weighted by Gasteiger charge is -2.23. The van der Waals surface area contributed by atoms with E-state index in [0.29, 0.717) is 12.8 Å². The molecule has 0 radical (unpaired) electrons. The first kappa shape index (κ1) is 14.3. The molecule has 1 aromatic heterocycles. The average molecular weight is 253 g/mol. The number of furan rings is 1. The van der Waals surface area contributed by atoms with Crippen LogP contribution in [0.4, 0.5) is 0 Å². The molecular weight excluding hydrogens is 234 g/mol. The van der Waals surface area contributed by atoms with Crippen molar-refractivity contribution in [3.05, 3.63) is 23.2 Å². The summed E-state index contributed by atoms with van der Waals surface area (Å²) in [6.07, 6.45) is 0.998. The molecule has 0 fully saturated rings. The number of aliphatic carboxylic acids is 1. The van der Waals surface area contributed by atoms with Crippen LogP contribution in [-0.2, 0) is 11.2 Å². The molecule has 0 aliphatic rings. The first-order chi connectivity index (χ1) is 8.34. The summed E-state index contributed by atoms with van der Waals surface area (Å²) >= 11 is 0. The van der Waals surface area contributed by atoms with Crippen molar-refractivity contribution >= 4 is 11.9 Å². The molecule has 0 saturated heterocycles. The molecule has 1 amide bonds. The molecule has 0 aliphatic carbocycles. The first-order valence-electron chi connectivity index (χ1n) is 5.99. The fourth-order valence-electron chi connectivity index (χ4n) is 1.59. The van der Waals surface area contributed by atoms with E-state index in [1.165, 1.54) is 6.92 Å². The molecule has 5 heteroatoms. The molecule has 0 bridgehead atoms. The van der Waals surface area contributed by atoms with E-state index in [9.17, 15) is 9.59 Å². The standard InChI is InChI=1S/C13H19NO4/c1-5-9-8(3)7-10(18-9)11(15)14-13(4,6-2)12(16)17/h7H,5-6H2,1-4H3,(H,14,15)(H,16,17). The van der Waals surface area contributed by atoms with Gasteiger partial charge in [-0.3, -0.25) is 4.79 Å². The molecule has 1 aromatic rings. The van der Waals surface area contributed by atoms with Crippen molar-refractivity contribution in [1.29, 1.82) is 0 Å². The largest absolute Gasteiger partial charge is 0.480 e. The summed E-state index contributed by atoms with van der Waals surface area (Å²) in [4.78, 5) is 23.0. The summed E-state index contributed by atoms with van der Waals surface area (Å²) in [6.45, 7) is 6.97. The topological polar surface area (TPSA) is 79.5 Å². The van der Waals surface area contributed by atoms with Crippen LogP contribution in [0.2, 0.25) is 0 Å². The van der Waals surface area contributed by atoms with Gasteiger partial charge in [-0.25, -0.2) is 4.79 Å². The van der Waals surface area contributed by atoms with Crippen LogP contribution in [0.15, 0.2) is 10.5 Å². The van der Waals surface area contributed by atoms with Gasteiger partial charge >= 0.3 is 5.97 Å². The van der Waals surface area contributed by atoms with Crippen molar-refractivity contribution in [3.8, 4) is 0 Å². The number of carboxylic acids is 1. The van der Waals surface area contributed by atoms with Gasteiger partial charge in [0.2, 0.25) is 0 Å². The Kier molecular flexibility index (Phi) is 4.16. The summed E-state index contributed by atoms with van der Waals surface area (Å²) < 4.78 is 5.39. The van der Waals surface area contributed by atoms with Gasteiger partial charge in [-0.1, -0.05) is 13.8 Å². The number of aryl methyl sites for hydroxylation is 2. The van der Waals surface area contributed by atoms with E-state index < -0.39 is 17.4 Å². The monoisotopic (exact) mass is 253 g/mol. The molecule has 0 saturated carbocycles. The Morgan fingerprint density at radius 2 is 2.06 bits per heavy atom. The molecule has 1 rings (SSSR count). The van der Waals surface area contributed by atoms with Crippen LogP contribution < -0.4 is 5.32 Å².